The van der Waals surface area contributed by atoms with Gasteiger partial charge in [0.15, 0.2) is 16.6 Å². The van der Waals surface area contributed by atoms with Gasteiger partial charge in [-0.1, -0.05) is 77.9 Å². The first-order valence-electron chi connectivity index (χ1n) is 12.3. The number of hydrogen-bond donors (Lipinski definition) is 0. The lowest BCUT2D eigenvalue weighted by Crippen LogP contribution is -2.53. The third-order valence-corrected chi connectivity index (χ3v) is 18.4. The Hall–Kier alpha value is -0.506. The molecule has 0 saturated heterocycles. The fourth-order valence-corrected chi connectivity index (χ4v) is 7.85. The maximum atomic E-state index is 7.14. The standard InChI is InChI=1S/C28H46O2S2Si2/c1-27(2,3)33(7,8)29-25(21-31-23-17-13-11-14-18-23)26(30-34(9,10)28(4,5)6)22-32-24-19-15-12-16-20-24/h11-20,25-26H,21-22H2,1-10H3/t25-,26-/m0/s1. The molecule has 0 fully saturated rings. The van der Waals surface area contributed by atoms with Crippen molar-refractivity contribution in [1.29, 1.82) is 0 Å². The van der Waals surface area contributed by atoms with E-state index in [1.807, 2.05) is 23.5 Å². The summed E-state index contributed by atoms with van der Waals surface area (Å²) in [5.74, 6) is 1.79. The molecule has 0 aliphatic rings. The molecule has 0 radical (unpaired) electrons. The van der Waals surface area contributed by atoms with Crippen LogP contribution in [-0.2, 0) is 8.85 Å². The molecular weight excluding hydrogens is 489 g/mol. The average molecular weight is 535 g/mol. The van der Waals surface area contributed by atoms with Crippen LogP contribution in [0.5, 0.6) is 0 Å². The highest BCUT2D eigenvalue weighted by atomic mass is 32.2. The zero-order valence-corrected chi connectivity index (χ0v) is 26.6. The first-order chi connectivity index (χ1) is 15.6. The lowest BCUT2D eigenvalue weighted by Gasteiger charge is -2.45. The summed E-state index contributed by atoms with van der Waals surface area (Å²) >= 11 is 3.77. The van der Waals surface area contributed by atoms with Crippen molar-refractivity contribution < 1.29 is 8.85 Å². The first kappa shape index (κ1) is 29.7. The topological polar surface area (TPSA) is 18.5 Å². The van der Waals surface area contributed by atoms with Crippen molar-refractivity contribution in [3.05, 3.63) is 60.7 Å². The number of benzene rings is 2. The lowest BCUT2D eigenvalue weighted by molar-refractivity contribution is 0.0644. The van der Waals surface area contributed by atoms with E-state index in [2.05, 4.69) is 128 Å². The highest BCUT2D eigenvalue weighted by Gasteiger charge is 2.44. The van der Waals surface area contributed by atoms with E-state index in [1.165, 1.54) is 9.79 Å². The zero-order chi connectivity index (χ0) is 25.6. The van der Waals surface area contributed by atoms with Crippen LogP contribution in [0.1, 0.15) is 41.5 Å². The molecule has 0 aliphatic carbocycles. The smallest absolute Gasteiger partial charge is 0.192 e. The van der Waals surface area contributed by atoms with Gasteiger partial charge >= 0.3 is 0 Å². The molecule has 2 nitrogen and oxygen atoms in total. The quantitative estimate of drug-likeness (QED) is 0.211. The summed E-state index contributed by atoms with van der Waals surface area (Å²) in [4.78, 5) is 2.57. The summed E-state index contributed by atoms with van der Waals surface area (Å²) in [7, 11) is -3.97. The van der Waals surface area contributed by atoms with E-state index in [9.17, 15) is 0 Å². The lowest BCUT2D eigenvalue weighted by atomic mass is 10.2. The minimum Gasteiger partial charge on any atom is -0.410 e. The van der Waals surface area contributed by atoms with Crippen molar-refractivity contribution in [1.82, 2.24) is 0 Å². The molecule has 0 unspecified atom stereocenters. The third kappa shape index (κ3) is 8.86. The van der Waals surface area contributed by atoms with Crippen LogP contribution < -0.4 is 0 Å². The molecule has 0 spiro atoms. The van der Waals surface area contributed by atoms with E-state index < -0.39 is 16.6 Å². The summed E-state index contributed by atoms with van der Waals surface area (Å²) < 4.78 is 14.3. The molecule has 2 aromatic rings. The SMILES string of the molecule is CC(C)(C)[Si](C)(C)O[C@@H](CSc1ccccc1)[C@H](CSc1ccccc1)O[Si](C)(C)C(C)(C)C. The number of thioether (sulfide) groups is 2. The molecule has 0 amide bonds. The Balaban J connectivity index is 2.36. The second kappa shape index (κ2) is 12.2. The normalized spacial score (nSPS) is 15.2. The number of hydrogen-bond acceptors (Lipinski definition) is 4. The van der Waals surface area contributed by atoms with Gasteiger partial charge in [0.1, 0.15) is 0 Å². The van der Waals surface area contributed by atoms with Crippen molar-refractivity contribution >= 4 is 40.2 Å². The van der Waals surface area contributed by atoms with Gasteiger partial charge in [0.25, 0.3) is 0 Å². The summed E-state index contributed by atoms with van der Waals surface area (Å²) in [6.07, 6.45) is 0.0767. The minimum absolute atomic E-state index is 0.0384. The van der Waals surface area contributed by atoms with Crippen LogP contribution in [0.4, 0.5) is 0 Å². The van der Waals surface area contributed by atoms with Gasteiger partial charge in [-0.25, -0.2) is 0 Å². The molecule has 0 bridgehead atoms. The fraction of sp³-hybridized carbons (Fsp3) is 0.571. The molecule has 0 heterocycles. The highest BCUT2D eigenvalue weighted by Crippen LogP contribution is 2.42. The van der Waals surface area contributed by atoms with Crippen molar-refractivity contribution in [2.45, 2.75) is 99.8 Å². The molecular formula is C28H46O2S2Si2. The Morgan fingerprint density at radius 1 is 0.588 bits per heavy atom. The Morgan fingerprint density at radius 3 is 1.15 bits per heavy atom. The van der Waals surface area contributed by atoms with E-state index in [4.69, 9.17) is 8.85 Å². The molecule has 2 rings (SSSR count). The van der Waals surface area contributed by atoms with E-state index in [-0.39, 0.29) is 22.3 Å². The molecule has 0 saturated carbocycles. The summed E-state index contributed by atoms with van der Waals surface area (Å²) in [6, 6.07) is 21.4. The van der Waals surface area contributed by atoms with Gasteiger partial charge in [-0.2, -0.15) is 0 Å². The highest BCUT2D eigenvalue weighted by molar-refractivity contribution is 7.99. The first-order valence-corrected chi connectivity index (χ1v) is 20.1. The fourth-order valence-electron chi connectivity index (χ4n) is 2.94. The zero-order valence-electron chi connectivity index (χ0n) is 23.0. The van der Waals surface area contributed by atoms with Crippen molar-refractivity contribution in [3.63, 3.8) is 0 Å². The average Bonchev–Trinajstić information content (AvgIpc) is 2.74. The Morgan fingerprint density at radius 2 is 0.882 bits per heavy atom. The van der Waals surface area contributed by atoms with Gasteiger partial charge in [0.05, 0.1) is 12.2 Å². The van der Waals surface area contributed by atoms with Crippen LogP contribution in [0.15, 0.2) is 70.5 Å². The molecule has 0 N–H and O–H groups in total. The summed E-state index contributed by atoms with van der Waals surface area (Å²) in [5, 5.41) is 0.299. The predicted octanol–water partition coefficient (Wildman–Crippen LogP) is 9.35. The Kier molecular flexibility index (Phi) is 10.6. The molecule has 190 valence electrons. The van der Waals surface area contributed by atoms with E-state index in [0.717, 1.165) is 11.5 Å². The van der Waals surface area contributed by atoms with Gasteiger partial charge in [0.2, 0.25) is 0 Å². The number of rotatable bonds is 11. The molecule has 0 aliphatic heterocycles. The summed E-state index contributed by atoms with van der Waals surface area (Å²) in [5.41, 5.74) is 0. The van der Waals surface area contributed by atoms with Crippen LogP contribution in [0, 0.1) is 0 Å². The third-order valence-electron chi connectivity index (χ3n) is 7.23. The maximum absolute atomic E-state index is 7.14. The van der Waals surface area contributed by atoms with Gasteiger partial charge in [-0.3, -0.25) is 0 Å². The van der Waals surface area contributed by atoms with Gasteiger partial charge in [-0.15, -0.1) is 23.5 Å². The molecule has 2 atom stereocenters. The van der Waals surface area contributed by atoms with E-state index >= 15 is 0 Å². The van der Waals surface area contributed by atoms with E-state index in [0.29, 0.717) is 0 Å². The van der Waals surface area contributed by atoms with Crippen molar-refractivity contribution in [2.24, 2.45) is 0 Å². The van der Waals surface area contributed by atoms with Crippen molar-refractivity contribution in [2.75, 3.05) is 11.5 Å². The molecule has 0 aromatic heterocycles. The van der Waals surface area contributed by atoms with Crippen LogP contribution in [0.3, 0.4) is 0 Å². The Bertz CT molecular complexity index is 786. The van der Waals surface area contributed by atoms with Crippen molar-refractivity contribution in [3.8, 4) is 0 Å². The molecule has 2 aromatic carbocycles. The predicted molar refractivity (Wildman–Crippen MR) is 158 cm³/mol. The minimum atomic E-state index is -1.99. The van der Waals surface area contributed by atoms with E-state index in [1.54, 1.807) is 0 Å². The second-order valence-electron chi connectivity index (χ2n) is 12.1. The van der Waals surface area contributed by atoms with Gasteiger partial charge in [-0.05, 0) is 60.5 Å². The van der Waals surface area contributed by atoms with Gasteiger partial charge in [0, 0.05) is 21.3 Å². The molecule has 34 heavy (non-hydrogen) atoms. The van der Waals surface area contributed by atoms with Crippen LogP contribution in [0.25, 0.3) is 0 Å². The summed E-state index contributed by atoms with van der Waals surface area (Å²) in [6.45, 7) is 23.4. The molecule has 6 heteroatoms. The Labute approximate surface area is 220 Å². The monoisotopic (exact) mass is 534 g/mol. The second-order valence-corrected chi connectivity index (χ2v) is 23.8. The van der Waals surface area contributed by atoms with Crippen LogP contribution in [0.2, 0.25) is 36.3 Å². The maximum Gasteiger partial charge on any atom is 0.192 e. The van der Waals surface area contributed by atoms with Crippen LogP contribution in [-0.4, -0.2) is 40.3 Å². The largest absolute Gasteiger partial charge is 0.410 e. The van der Waals surface area contributed by atoms with Gasteiger partial charge < -0.3 is 8.85 Å². The van der Waals surface area contributed by atoms with Crippen LogP contribution >= 0.6 is 23.5 Å².